The van der Waals surface area contributed by atoms with Crippen molar-refractivity contribution < 1.29 is 4.79 Å². The molecule has 1 aliphatic rings. The zero-order chi connectivity index (χ0) is 15.6. The number of carbonyl (C=O) groups is 1. The number of para-hydroxylation sites is 1. The molecular formula is C16H15N5OS. The monoisotopic (exact) mass is 325 g/mol. The van der Waals surface area contributed by atoms with Gasteiger partial charge in [0.2, 0.25) is 0 Å². The lowest BCUT2D eigenvalue weighted by Crippen LogP contribution is -2.49. The average Bonchev–Trinajstić information content (AvgIpc) is 3.06. The van der Waals surface area contributed by atoms with Crippen molar-refractivity contribution >= 4 is 33.3 Å². The molecule has 116 valence electrons. The molecule has 2 aromatic heterocycles. The summed E-state index contributed by atoms with van der Waals surface area (Å²) in [5, 5.41) is 0.569. The van der Waals surface area contributed by atoms with E-state index in [4.69, 9.17) is 0 Å². The first-order valence-corrected chi connectivity index (χ1v) is 8.29. The lowest BCUT2D eigenvalue weighted by molar-refractivity contribution is 0.0746. The number of nitrogens with zero attached hydrogens (tertiary/aromatic N) is 5. The molecule has 0 unspecified atom stereocenters. The van der Waals surface area contributed by atoms with Crippen LogP contribution in [-0.2, 0) is 0 Å². The minimum atomic E-state index is 0.0185. The van der Waals surface area contributed by atoms with Crippen LogP contribution in [-0.4, -0.2) is 51.9 Å². The molecule has 7 heteroatoms. The molecule has 6 nitrogen and oxygen atoms in total. The quantitative estimate of drug-likeness (QED) is 0.721. The van der Waals surface area contributed by atoms with E-state index in [9.17, 15) is 4.79 Å². The van der Waals surface area contributed by atoms with E-state index in [1.807, 2.05) is 29.2 Å². The summed E-state index contributed by atoms with van der Waals surface area (Å²) in [4.78, 5) is 29.5. The lowest BCUT2D eigenvalue weighted by Gasteiger charge is -2.34. The summed E-state index contributed by atoms with van der Waals surface area (Å²) in [6.07, 6.45) is 5.11. The zero-order valence-electron chi connectivity index (χ0n) is 12.4. The van der Waals surface area contributed by atoms with Gasteiger partial charge in [-0.25, -0.2) is 9.97 Å². The van der Waals surface area contributed by atoms with Crippen molar-refractivity contribution in [2.75, 3.05) is 31.1 Å². The molecule has 1 aliphatic heterocycles. The fourth-order valence-electron chi connectivity index (χ4n) is 2.69. The largest absolute Gasteiger partial charge is 0.352 e. The predicted octanol–water partition coefficient (Wildman–Crippen LogP) is 2.05. The van der Waals surface area contributed by atoms with Crippen molar-refractivity contribution in [2.24, 2.45) is 0 Å². The third-order valence-electron chi connectivity index (χ3n) is 3.92. The normalized spacial score (nSPS) is 15.1. The predicted molar refractivity (Wildman–Crippen MR) is 89.8 cm³/mol. The molecule has 3 aromatic rings. The van der Waals surface area contributed by atoms with Crippen LogP contribution in [0.25, 0.3) is 10.2 Å². The molecule has 4 rings (SSSR count). The highest BCUT2D eigenvalue weighted by Crippen LogP contribution is 2.23. The van der Waals surface area contributed by atoms with Crippen LogP contribution in [0.4, 0.5) is 5.82 Å². The molecule has 0 saturated carbocycles. The van der Waals surface area contributed by atoms with Crippen LogP contribution in [0, 0.1) is 0 Å². The van der Waals surface area contributed by atoms with Gasteiger partial charge < -0.3 is 9.80 Å². The Kier molecular flexibility index (Phi) is 3.63. The second kappa shape index (κ2) is 5.92. The summed E-state index contributed by atoms with van der Waals surface area (Å²) >= 11 is 1.46. The van der Waals surface area contributed by atoms with Crippen LogP contribution >= 0.6 is 11.3 Å². The Balaban J connectivity index is 1.46. The van der Waals surface area contributed by atoms with Crippen molar-refractivity contribution in [3.63, 3.8) is 0 Å². The van der Waals surface area contributed by atoms with Crippen LogP contribution in [0.5, 0.6) is 0 Å². The molecule has 0 spiro atoms. The van der Waals surface area contributed by atoms with E-state index in [2.05, 4.69) is 19.9 Å². The number of hydrogen-bond acceptors (Lipinski definition) is 6. The van der Waals surface area contributed by atoms with Crippen molar-refractivity contribution in [3.8, 4) is 0 Å². The van der Waals surface area contributed by atoms with E-state index in [0.717, 1.165) is 29.1 Å². The van der Waals surface area contributed by atoms with Crippen molar-refractivity contribution in [1.29, 1.82) is 0 Å². The van der Waals surface area contributed by atoms with Gasteiger partial charge in [0.15, 0.2) is 5.01 Å². The highest BCUT2D eigenvalue weighted by molar-refractivity contribution is 7.20. The van der Waals surface area contributed by atoms with E-state index < -0.39 is 0 Å². The number of carbonyl (C=O) groups excluding carboxylic acids is 1. The Labute approximate surface area is 137 Å². The maximum absolute atomic E-state index is 12.6. The van der Waals surface area contributed by atoms with Crippen molar-refractivity contribution in [3.05, 3.63) is 47.9 Å². The Morgan fingerprint density at radius 1 is 1.09 bits per heavy atom. The van der Waals surface area contributed by atoms with Gasteiger partial charge in [0.1, 0.15) is 5.82 Å². The molecule has 0 aliphatic carbocycles. The maximum Gasteiger partial charge on any atom is 0.282 e. The summed E-state index contributed by atoms with van der Waals surface area (Å²) in [6, 6.07) is 7.84. The second-order valence-electron chi connectivity index (χ2n) is 5.33. The highest BCUT2D eigenvalue weighted by Gasteiger charge is 2.25. The standard InChI is InChI=1S/C16H15N5OS/c22-16(15-19-12-3-1-2-4-13(12)23-15)21-9-7-20(8-10-21)14-11-17-5-6-18-14/h1-6,11H,7-10H2. The smallest absolute Gasteiger partial charge is 0.282 e. The summed E-state index contributed by atoms with van der Waals surface area (Å²) < 4.78 is 1.05. The molecule has 0 bridgehead atoms. The molecule has 1 fully saturated rings. The topological polar surface area (TPSA) is 62.2 Å². The number of anilines is 1. The first-order valence-electron chi connectivity index (χ1n) is 7.47. The van der Waals surface area contributed by atoms with Gasteiger partial charge in [-0.05, 0) is 12.1 Å². The molecular weight excluding hydrogens is 310 g/mol. The van der Waals surface area contributed by atoms with Gasteiger partial charge in [-0.2, -0.15) is 0 Å². The number of amides is 1. The van der Waals surface area contributed by atoms with Gasteiger partial charge in [0.05, 0.1) is 16.4 Å². The van der Waals surface area contributed by atoms with E-state index in [1.54, 1.807) is 18.6 Å². The SMILES string of the molecule is O=C(c1nc2ccccc2s1)N1CCN(c2cnccn2)CC1. The van der Waals surface area contributed by atoms with Crippen LogP contribution in [0.3, 0.4) is 0 Å². The molecule has 1 aromatic carbocycles. The number of piperazine rings is 1. The number of hydrogen-bond donors (Lipinski definition) is 0. The molecule has 0 atom stereocenters. The molecule has 1 amide bonds. The Morgan fingerprint density at radius 2 is 1.91 bits per heavy atom. The number of benzene rings is 1. The van der Waals surface area contributed by atoms with Crippen LogP contribution < -0.4 is 4.90 Å². The van der Waals surface area contributed by atoms with Crippen molar-refractivity contribution in [1.82, 2.24) is 19.9 Å². The Hall–Kier alpha value is -2.54. The minimum Gasteiger partial charge on any atom is -0.352 e. The zero-order valence-corrected chi connectivity index (χ0v) is 13.2. The van der Waals surface area contributed by atoms with Gasteiger partial charge in [0.25, 0.3) is 5.91 Å². The van der Waals surface area contributed by atoms with Crippen LogP contribution in [0.1, 0.15) is 9.80 Å². The summed E-state index contributed by atoms with van der Waals surface area (Å²) in [5.74, 6) is 0.879. The summed E-state index contributed by atoms with van der Waals surface area (Å²) in [7, 11) is 0. The molecule has 23 heavy (non-hydrogen) atoms. The second-order valence-corrected chi connectivity index (χ2v) is 6.36. The van der Waals surface area contributed by atoms with E-state index >= 15 is 0 Å². The van der Waals surface area contributed by atoms with E-state index in [-0.39, 0.29) is 5.91 Å². The fourth-order valence-corrected chi connectivity index (χ4v) is 3.63. The molecule has 0 N–H and O–H groups in total. The third-order valence-corrected chi connectivity index (χ3v) is 4.94. The maximum atomic E-state index is 12.6. The average molecular weight is 325 g/mol. The fraction of sp³-hybridized carbons (Fsp3) is 0.250. The third kappa shape index (κ3) is 2.75. The van der Waals surface area contributed by atoms with Crippen LogP contribution in [0.15, 0.2) is 42.9 Å². The molecule has 3 heterocycles. The summed E-state index contributed by atoms with van der Waals surface area (Å²) in [5.41, 5.74) is 0.888. The van der Waals surface area contributed by atoms with Crippen molar-refractivity contribution in [2.45, 2.75) is 0 Å². The first kappa shape index (κ1) is 14.1. The first-order chi connectivity index (χ1) is 11.3. The number of rotatable bonds is 2. The minimum absolute atomic E-state index is 0.0185. The van der Waals surface area contributed by atoms with E-state index in [0.29, 0.717) is 18.1 Å². The van der Waals surface area contributed by atoms with E-state index in [1.165, 1.54) is 11.3 Å². The van der Waals surface area contributed by atoms with Gasteiger partial charge in [-0.3, -0.25) is 9.78 Å². The number of fused-ring (bicyclic) bond motifs is 1. The molecule has 0 radical (unpaired) electrons. The lowest BCUT2D eigenvalue weighted by atomic mass is 10.3. The Morgan fingerprint density at radius 3 is 2.65 bits per heavy atom. The van der Waals surface area contributed by atoms with Gasteiger partial charge in [-0.1, -0.05) is 12.1 Å². The number of aromatic nitrogens is 3. The Bertz CT molecular complexity index is 794. The number of thiazole rings is 1. The van der Waals surface area contributed by atoms with Gasteiger partial charge >= 0.3 is 0 Å². The summed E-state index contributed by atoms with van der Waals surface area (Å²) in [6.45, 7) is 2.86. The van der Waals surface area contributed by atoms with Gasteiger partial charge in [-0.15, -0.1) is 11.3 Å². The van der Waals surface area contributed by atoms with Gasteiger partial charge in [0, 0.05) is 38.6 Å². The highest BCUT2D eigenvalue weighted by atomic mass is 32.1. The van der Waals surface area contributed by atoms with Crippen LogP contribution in [0.2, 0.25) is 0 Å². The molecule has 1 saturated heterocycles.